The molecule has 0 bridgehead atoms. The molecule has 4 aromatic rings. The lowest BCUT2D eigenvalue weighted by molar-refractivity contribution is -0.128. The van der Waals surface area contributed by atoms with Crippen molar-refractivity contribution in [1.82, 2.24) is 19.7 Å². The first kappa shape index (κ1) is 23.3. The second-order valence-electron chi connectivity index (χ2n) is 8.13. The molecule has 0 atom stereocenters. The van der Waals surface area contributed by atoms with Crippen molar-refractivity contribution in [2.24, 2.45) is 0 Å². The van der Waals surface area contributed by atoms with Gasteiger partial charge in [0, 0.05) is 22.8 Å². The first-order valence-corrected chi connectivity index (χ1v) is 11.1. The van der Waals surface area contributed by atoms with E-state index in [1.54, 1.807) is 56.3 Å². The number of hydrogen-bond acceptors (Lipinski definition) is 6. The second-order valence-corrected chi connectivity index (χ2v) is 8.57. The number of rotatable bonds is 8. The Labute approximate surface area is 200 Å². The number of nitrogens with one attached hydrogen (secondary N) is 2. The van der Waals surface area contributed by atoms with Crippen LogP contribution in [0, 0.1) is 0 Å². The predicted octanol–water partition coefficient (Wildman–Crippen LogP) is 4.62. The van der Waals surface area contributed by atoms with E-state index in [-0.39, 0.29) is 11.5 Å². The lowest BCUT2D eigenvalue weighted by Gasteiger charge is -2.25. The molecule has 1 aromatic carbocycles. The Kier molecular flexibility index (Phi) is 6.56. The molecule has 0 fully saturated rings. The minimum Gasteiger partial charge on any atom is -0.478 e. The van der Waals surface area contributed by atoms with Crippen LogP contribution in [0.25, 0.3) is 17.4 Å². The number of carbonyl (C=O) groups is 1. The van der Waals surface area contributed by atoms with Gasteiger partial charge in [0.1, 0.15) is 17.3 Å². The highest BCUT2D eigenvalue weighted by molar-refractivity contribution is 6.30. The Bertz CT molecular complexity index is 1340. The molecule has 0 spiro atoms. The molecular formula is C24H24ClN5O4. The molecule has 10 heteroatoms. The molecule has 1 amide bonds. The molecule has 0 aliphatic rings. The third-order valence-electron chi connectivity index (χ3n) is 4.95. The number of aromatic nitrogens is 4. The van der Waals surface area contributed by atoms with E-state index < -0.39 is 11.5 Å². The summed E-state index contributed by atoms with van der Waals surface area (Å²) in [7, 11) is 0. The fourth-order valence-corrected chi connectivity index (χ4v) is 3.39. The standard InChI is InChI=1S/C24H24ClN5O4/c1-4-6-16-13-21(31)28-23(26-16)30-20(14-18(29-30)19-7-5-12-33-19)27-22(32)24(2,3)34-17-10-8-15(25)9-11-17/h5,7-14H,4,6H2,1-3H3,(H,27,32)(H,26,28,31). The van der Waals surface area contributed by atoms with Gasteiger partial charge in [-0.2, -0.15) is 9.78 Å². The van der Waals surface area contributed by atoms with Gasteiger partial charge in [-0.25, -0.2) is 4.98 Å². The molecule has 0 saturated heterocycles. The maximum absolute atomic E-state index is 13.2. The van der Waals surface area contributed by atoms with Crippen LogP contribution in [0.2, 0.25) is 5.02 Å². The van der Waals surface area contributed by atoms with Gasteiger partial charge in [-0.05, 0) is 56.7 Å². The van der Waals surface area contributed by atoms with Crippen molar-refractivity contribution in [2.75, 3.05) is 5.32 Å². The topological polar surface area (TPSA) is 115 Å². The number of H-pyrrole nitrogens is 1. The molecule has 0 aliphatic heterocycles. The first-order valence-electron chi connectivity index (χ1n) is 10.8. The molecule has 9 nitrogen and oxygen atoms in total. The second kappa shape index (κ2) is 9.56. The molecule has 4 rings (SSSR count). The van der Waals surface area contributed by atoms with Crippen LogP contribution < -0.4 is 15.6 Å². The molecule has 176 valence electrons. The molecule has 0 aliphatic carbocycles. The number of amides is 1. The summed E-state index contributed by atoms with van der Waals surface area (Å²) in [6.07, 6.45) is 2.98. The zero-order chi connectivity index (χ0) is 24.3. The Morgan fingerprint density at radius 1 is 1.24 bits per heavy atom. The van der Waals surface area contributed by atoms with Crippen LogP contribution in [-0.2, 0) is 11.2 Å². The summed E-state index contributed by atoms with van der Waals surface area (Å²) in [4.78, 5) is 32.6. The van der Waals surface area contributed by atoms with Crippen LogP contribution in [0.1, 0.15) is 32.9 Å². The summed E-state index contributed by atoms with van der Waals surface area (Å²) in [5.41, 5.74) is -0.467. The highest BCUT2D eigenvalue weighted by atomic mass is 35.5. The van der Waals surface area contributed by atoms with Gasteiger partial charge < -0.3 is 14.5 Å². The summed E-state index contributed by atoms with van der Waals surface area (Å²) in [6, 6.07) is 13.3. The van der Waals surface area contributed by atoms with Crippen LogP contribution in [0.5, 0.6) is 5.75 Å². The lowest BCUT2D eigenvalue weighted by atomic mass is 10.1. The van der Waals surface area contributed by atoms with Crippen molar-refractivity contribution in [3.8, 4) is 23.2 Å². The number of furan rings is 1. The van der Waals surface area contributed by atoms with E-state index in [0.29, 0.717) is 40.2 Å². The molecule has 0 radical (unpaired) electrons. The Balaban J connectivity index is 1.68. The molecule has 0 saturated carbocycles. The molecule has 3 aromatic heterocycles. The number of nitrogens with zero attached hydrogens (tertiary/aromatic N) is 3. The van der Waals surface area contributed by atoms with E-state index in [1.165, 1.54) is 17.0 Å². The largest absolute Gasteiger partial charge is 0.478 e. The summed E-state index contributed by atoms with van der Waals surface area (Å²) < 4.78 is 12.7. The maximum Gasteiger partial charge on any atom is 0.269 e. The van der Waals surface area contributed by atoms with Crippen LogP contribution >= 0.6 is 11.6 Å². The van der Waals surface area contributed by atoms with Crippen molar-refractivity contribution in [1.29, 1.82) is 0 Å². The number of ether oxygens (including phenoxy) is 1. The number of carbonyl (C=O) groups excluding carboxylic acids is 1. The van der Waals surface area contributed by atoms with Gasteiger partial charge in [0.2, 0.25) is 5.95 Å². The highest BCUT2D eigenvalue weighted by Gasteiger charge is 2.31. The lowest BCUT2D eigenvalue weighted by Crippen LogP contribution is -2.43. The van der Waals surface area contributed by atoms with Crippen molar-refractivity contribution in [3.05, 3.63) is 75.9 Å². The van der Waals surface area contributed by atoms with Crippen molar-refractivity contribution >= 4 is 23.3 Å². The minimum absolute atomic E-state index is 0.181. The fraction of sp³-hybridized carbons (Fsp3) is 0.250. The monoisotopic (exact) mass is 481 g/mol. The van der Waals surface area contributed by atoms with Crippen molar-refractivity contribution in [3.63, 3.8) is 0 Å². The number of halogens is 1. The number of aromatic amines is 1. The van der Waals surface area contributed by atoms with Gasteiger partial charge in [-0.15, -0.1) is 0 Å². The third-order valence-corrected chi connectivity index (χ3v) is 5.20. The summed E-state index contributed by atoms with van der Waals surface area (Å²) in [5, 5.41) is 7.92. The molecule has 3 heterocycles. The number of aryl methyl sites for hydroxylation is 1. The number of hydrogen-bond donors (Lipinski definition) is 2. The van der Waals surface area contributed by atoms with Gasteiger partial charge in [0.15, 0.2) is 11.4 Å². The summed E-state index contributed by atoms with van der Waals surface area (Å²) >= 11 is 5.93. The minimum atomic E-state index is -1.24. The van der Waals surface area contributed by atoms with E-state index in [4.69, 9.17) is 20.8 Å². The van der Waals surface area contributed by atoms with Crippen molar-refractivity contribution < 1.29 is 13.9 Å². The van der Waals surface area contributed by atoms with Gasteiger partial charge in [-0.1, -0.05) is 24.9 Å². The quantitative estimate of drug-likeness (QED) is 0.379. The zero-order valence-corrected chi connectivity index (χ0v) is 19.7. The zero-order valence-electron chi connectivity index (χ0n) is 19.0. The van der Waals surface area contributed by atoms with Crippen LogP contribution in [-0.4, -0.2) is 31.3 Å². The molecule has 2 N–H and O–H groups in total. The Morgan fingerprint density at radius 2 is 2.00 bits per heavy atom. The molecule has 34 heavy (non-hydrogen) atoms. The molecular weight excluding hydrogens is 458 g/mol. The van der Waals surface area contributed by atoms with Gasteiger partial charge in [-0.3, -0.25) is 14.6 Å². The van der Waals surface area contributed by atoms with Crippen LogP contribution in [0.3, 0.4) is 0 Å². The highest BCUT2D eigenvalue weighted by Crippen LogP contribution is 2.26. The Hall–Kier alpha value is -3.85. The summed E-state index contributed by atoms with van der Waals surface area (Å²) in [6.45, 7) is 5.29. The maximum atomic E-state index is 13.2. The SMILES string of the molecule is CCCc1cc(=O)[nH]c(-n2nc(-c3ccco3)cc2NC(=O)C(C)(C)Oc2ccc(Cl)cc2)n1. The van der Waals surface area contributed by atoms with Gasteiger partial charge >= 0.3 is 0 Å². The van der Waals surface area contributed by atoms with E-state index in [2.05, 4.69) is 20.4 Å². The fourth-order valence-electron chi connectivity index (χ4n) is 3.27. The van der Waals surface area contributed by atoms with Gasteiger partial charge in [0.05, 0.1) is 6.26 Å². The summed E-state index contributed by atoms with van der Waals surface area (Å²) in [5.74, 6) is 1.04. The normalized spacial score (nSPS) is 11.4. The Morgan fingerprint density at radius 3 is 2.68 bits per heavy atom. The van der Waals surface area contributed by atoms with E-state index in [1.807, 2.05) is 6.92 Å². The average Bonchev–Trinajstić information content (AvgIpc) is 3.45. The number of anilines is 1. The van der Waals surface area contributed by atoms with Crippen LogP contribution in [0.15, 0.2) is 64.0 Å². The first-order chi connectivity index (χ1) is 16.2. The smallest absolute Gasteiger partial charge is 0.269 e. The van der Waals surface area contributed by atoms with Gasteiger partial charge in [0.25, 0.3) is 11.5 Å². The predicted molar refractivity (Wildman–Crippen MR) is 128 cm³/mol. The van der Waals surface area contributed by atoms with Crippen molar-refractivity contribution in [2.45, 2.75) is 39.2 Å². The number of benzene rings is 1. The van der Waals surface area contributed by atoms with Crippen LogP contribution in [0.4, 0.5) is 5.82 Å². The van der Waals surface area contributed by atoms with E-state index in [9.17, 15) is 9.59 Å². The van der Waals surface area contributed by atoms with E-state index in [0.717, 1.165) is 6.42 Å². The third kappa shape index (κ3) is 5.20. The van der Waals surface area contributed by atoms with E-state index >= 15 is 0 Å². The average molecular weight is 482 g/mol. The molecule has 0 unspecified atom stereocenters.